The molecule has 0 saturated carbocycles. The van der Waals surface area contributed by atoms with Crippen LogP contribution in [0, 0.1) is 0 Å². The van der Waals surface area contributed by atoms with Gasteiger partial charge in [0.2, 0.25) is 15.9 Å². The van der Waals surface area contributed by atoms with Gasteiger partial charge in [0.25, 0.3) is 0 Å². The molecule has 31 heavy (non-hydrogen) atoms. The van der Waals surface area contributed by atoms with E-state index in [1.807, 2.05) is 68.4 Å². The molecule has 0 radical (unpaired) electrons. The predicted octanol–water partition coefficient (Wildman–Crippen LogP) is 4.43. The highest BCUT2D eigenvalue weighted by Crippen LogP contribution is 2.21. The Kier molecular flexibility index (Phi) is 7.09. The SMILES string of the molecule is CC(C)N(C)S(=O)(=O)c1ccc(NCC(=O)Nc2ccc(-c3ccccc3)cc2)cc1. The van der Waals surface area contributed by atoms with Crippen LogP contribution in [-0.4, -0.2) is 38.3 Å². The minimum atomic E-state index is -3.52. The molecule has 0 heterocycles. The van der Waals surface area contributed by atoms with Crippen LogP contribution in [0.25, 0.3) is 11.1 Å². The van der Waals surface area contributed by atoms with Crippen LogP contribution in [0.2, 0.25) is 0 Å². The molecular weight excluding hydrogens is 410 g/mol. The maximum absolute atomic E-state index is 12.5. The first-order valence-corrected chi connectivity index (χ1v) is 11.5. The van der Waals surface area contributed by atoms with Gasteiger partial charge in [-0.05, 0) is 61.4 Å². The summed E-state index contributed by atoms with van der Waals surface area (Å²) in [6.07, 6.45) is 0. The van der Waals surface area contributed by atoms with E-state index in [1.165, 1.54) is 16.4 Å². The van der Waals surface area contributed by atoms with E-state index in [2.05, 4.69) is 10.6 Å². The van der Waals surface area contributed by atoms with Crippen LogP contribution < -0.4 is 10.6 Å². The van der Waals surface area contributed by atoms with Crippen molar-refractivity contribution in [1.82, 2.24) is 4.31 Å². The second-order valence-corrected chi connectivity index (χ2v) is 9.48. The van der Waals surface area contributed by atoms with E-state index < -0.39 is 10.0 Å². The second kappa shape index (κ2) is 9.76. The Bertz CT molecular complexity index is 1110. The zero-order chi connectivity index (χ0) is 22.4. The molecule has 0 aromatic heterocycles. The number of carbonyl (C=O) groups is 1. The number of nitrogens with one attached hydrogen (secondary N) is 2. The molecule has 0 aliphatic heterocycles. The summed E-state index contributed by atoms with van der Waals surface area (Å²) in [7, 11) is -1.97. The highest BCUT2D eigenvalue weighted by atomic mass is 32.2. The fraction of sp³-hybridized carbons (Fsp3) is 0.208. The molecule has 0 unspecified atom stereocenters. The summed E-state index contributed by atoms with van der Waals surface area (Å²) in [5.74, 6) is -0.191. The molecule has 0 atom stereocenters. The number of amides is 1. The van der Waals surface area contributed by atoms with Gasteiger partial charge in [-0.3, -0.25) is 4.79 Å². The van der Waals surface area contributed by atoms with E-state index in [9.17, 15) is 13.2 Å². The van der Waals surface area contributed by atoms with Gasteiger partial charge in [0, 0.05) is 24.5 Å². The van der Waals surface area contributed by atoms with Gasteiger partial charge in [0.15, 0.2) is 0 Å². The zero-order valence-corrected chi connectivity index (χ0v) is 18.7. The Morgan fingerprint density at radius 1 is 0.839 bits per heavy atom. The zero-order valence-electron chi connectivity index (χ0n) is 17.9. The average molecular weight is 438 g/mol. The largest absolute Gasteiger partial charge is 0.376 e. The maximum atomic E-state index is 12.5. The van der Waals surface area contributed by atoms with E-state index in [0.717, 1.165) is 11.1 Å². The third kappa shape index (κ3) is 5.71. The average Bonchev–Trinajstić information content (AvgIpc) is 2.78. The Hall–Kier alpha value is -3.16. The lowest BCUT2D eigenvalue weighted by atomic mass is 10.1. The van der Waals surface area contributed by atoms with Gasteiger partial charge in [-0.2, -0.15) is 4.31 Å². The van der Waals surface area contributed by atoms with Gasteiger partial charge >= 0.3 is 0 Å². The number of sulfonamides is 1. The number of carbonyl (C=O) groups excluding carboxylic acids is 1. The molecule has 0 saturated heterocycles. The normalized spacial score (nSPS) is 11.5. The summed E-state index contributed by atoms with van der Waals surface area (Å²) in [6.45, 7) is 3.71. The van der Waals surface area contributed by atoms with Gasteiger partial charge in [-0.25, -0.2) is 8.42 Å². The summed E-state index contributed by atoms with van der Waals surface area (Å²) in [6, 6.07) is 23.9. The van der Waals surface area contributed by atoms with Crippen molar-refractivity contribution in [2.24, 2.45) is 0 Å². The molecule has 2 N–H and O–H groups in total. The summed E-state index contributed by atoms with van der Waals surface area (Å²) in [5.41, 5.74) is 3.58. The highest BCUT2D eigenvalue weighted by molar-refractivity contribution is 7.89. The number of hydrogen-bond acceptors (Lipinski definition) is 4. The summed E-state index contributed by atoms with van der Waals surface area (Å²) in [5, 5.41) is 5.86. The van der Waals surface area contributed by atoms with Crippen LogP contribution in [0.15, 0.2) is 83.8 Å². The third-order valence-electron chi connectivity index (χ3n) is 4.99. The minimum Gasteiger partial charge on any atom is -0.376 e. The monoisotopic (exact) mass is 437 g/mol. The first-order chi connectivity index (χ1) is 14.8. The lowest BCUT2D eigenvalue weighted by Crippen LogP contribution is -2.33. The molecule has 3 aromatic carbocycles. The molecule has 1 amide bonds. The van der Waals surface area contributed by atoms with Crippen molar-refractivity contribution in [3.8, 4) is 11.1 Å². The lowest BCUT2D eigenvalue weighted by molar-refractivity contribution is -0.114. The molecule has 0 spiro atoms. The Labute approximate surface area is 184 Å². The topological polar surface area (TPSA) is 78.5 Å². The van der Waals surface area contributed by atoms with Gasteiger partial charge < -0.3 is 10.6 Å². The Morgan fingerprint density at radius 2 is 1.39 bits per heavy atom. The van der Waals surface area contributed by atoms with E-state index in [1.54, 1.807) is 19.2 Å². The Morgan fingerprint density at radius 3 is 1.97 bits per heavy atom. The van der Waals surface area contributed by atoms with E-state index in [-0.39, 0.29) is 23.4 Å². The summed E-state index contributed by atoms with van der Waals surface area (Å²) < 4.78 is 26.3. The van der Waals surface area contributed by atoms with Crippen LogP contribution in [0.5, 0.6) is 0 Å². The van der Waals surface area contributed by atoms with Crippen molar-refractivity contribution in [3.63, 3.8) is 0 Å². The van der Waals surface area contributed by atoms with Gasteiger partial charge in [-0.1, -0.05) is 42.5 Å². The molecule has 7 heteroatoms. The van der Waals surface area contributed by atoms with Crippen molar-refractivity contribution < 1.29 is 13.2 Å². The number of anilines is 2. The molecule has 162 valence electrons. The molecule has 0 bridgehead atoms. The number of benzene rings is 3. The summed E-state index contributed by atoms with van der Waals surface area (Å²) in [4.78, 5) is 12.5. The molecule has 3 aromatic rings. The second-order valence-electron chi connectivity index (χ2n) is 7.48. The van der Waals surface area contributed by atoms with Crippen molar-refractivity contribution >= 4 is 27.3 Å². The number of nitrogens with zero attached hydrogens (tertiary/aromatic N) is 1. The van der Waals surface area contributed by atoms with Gasteiger partial charge in [0.05, 0.1) is 11.4 Å². The Balaban J connectivity index is 1.55. The number of rotatable bonds is 8. The maximum Gasteiger partial charge on any atom is 0.243 e. The van der Waals surface area contributed by atoms with Crippen molar-refractivity contribution in [1.29, 1.82) is 0 Å². The quantitative estimate of drug-likeness (QED) is 0.546. The lowest BCUT2D eigenvalue weighted by Gasteiger charge is -2.21. The molecule has 3 rings (SSSR count). The van der Waals surface area contributed by atoms with Crippen LogP contribution in [0.4, 0.5) is 11.4 Å². The number of hydrogen-bond donors (Lipinski definition) is 2. The van der Waals surface area contributed by atoms with Crippen molar-refractivity contribution in [2.75, 3.05) is 24.2 Å². The first kappa shape index (κ1) is 22.5. The smallest absolute Gasteiger partial charge is 0.243 e. The third-order valence-corrected chi connectivity index (χ3v) is 7.04. The van der Waals surface area contributed by atoms with E-state index in [0.29, 0.717) is 11.4 Å². The molecular formula is C24H27N3O3S. The molecule has 0 fully saturated rings. The van der Waals surface area contributed by atoms with Crippen molar-refractivity contribution in [3.05, 3.63) is 78.9 Å². The minimum absolute atomic E-state index is 0.0679. The van der Waals surface area contributed by atoms with Crippen molar-refractivity contribution in [2.45, 2.75) is 24.8 Å². The van der Waals surface area contributed by atoms with Crippen LogP contribution >= 0.6 is 0 Å². The first-order valence-electron chi connectivity index (χ1n) is 10.0. The molecule has 0 aliphatic rings. The fourth-order valence-electron chi connectivity index (χ4n) is 2.95. The highest BCUT2D eigenvalue weighted by Gasteiger charge is 2.22. The molecule has 6 nitrogen and oxygen atoms in total. The molecule has 0 aliphatic carbocycles. The predicted molar refractivity (Wildman–Crippen MR) is 126 cm³/mol. The van der Waals surface area contributed by atoms with Crippen LogP contribution in [-0.2, 0) is 14.8 Å². The van der Waals surface area contributed by atoms with Crippen LogP contribution in [0.1, 0.15) is 13.8 Å². The van der Waals surface area contributed by atoms with Gasteiger partial charge in [0.1, 0.15) is 0 Å². The van der Waals surface area contributed by atoms with Gasteiger partial charge in [-0.15, -0.1) is 0 Å². The standard InChI is InChI=1S/C24H27N3O3S/c1-18(2)27(3)31(29,30)23-15-13-21(14-16-23)25-17-24(28)26-22-11-9-20(10-12-22)19-7-5-4-6-8-19/h4-16,18,25H,17H2,1-3H3,(H,26,28). The van der Waals surface area contributed by atoms with E-state index >= 15 is 0 Å². The van der Waals surface area contributed by atoms with Crippen LogP contribution in [0.3, 0.4) is 0 Å². The summed E-state index contributed by atoms with van der Waals surface area (Å²) >= 11 is 0. The van der Waals surface area contributed by atoms with E-state index in [4.69, 9.17) is 0 Å². The fourth-order valence-corrected chi connectivity index (χ4v) is 4.32.